The molecule has 7 nitrogen and oxygen atoms in total. The third kappa shape index (κ3) is 4.59. The maximum atomic E-state index is 12.3. The third-order valence-electron chi connectivity index (χ3n) is 3.71. The van der Waals surface area contributed by atoms with Crippen LogP contribution in [0, 0.1) is 0 Å². The molecule has 3 rings (SSSR count). The molecule has 0 bridgehead atoms. The Morgan fingerprint density at radius 1 is 0.821 bits per heavy atom. The number of carbonyl (C=O) groups is 2. The van der Waals surface area contributed by atoms with E-state index in [0.29, 0.717) is 16.9 Å². The average molecular weight is 376 g/mol. The van der Waals surface area contributed by atoms with Crippen molar-refractivity contribution in [2.45, 2.75) is 0 Å². The van der Waals surface area contributed by atoms with Crippen molar-refractivity contribution in [2.75, 3.05) is 7.11 Å². The van der Waals surface area contributed by atoms with Crippen LogP contribution in [0.2, 0.25) is 0 Å². The third-order valence-corrected chi connectivity index (χ3v) is 3.71. The Bertz CT molecular complexity index is 1010. The van der Waals surface area contributed by atoms with Crippen LogP contribution in [0.3, 0.4) is 0 Å². The smallest absolute Gasteiger partial charge is 0.343 e. The topological polar surface area (TPSA) is 97.6 Å². The summed E-state index contributed by atoms with van der Waals surface area (Å²) in [5.74, 6) is -1.08. The van der Waals surface area contributed by atoms with E-state index < -0.39 is 11.9 Å². The van der Waals surface area contributed by atoms with Crippen molar-refractivity contribution in [1.82, 2.24) is 0 Å². The lowest BCUT2D eigenvalue weighted by Crippen LogP contribution is -2.12. The van der Waals surface area contributed by atoms with Gasteiger partial charge in [0.15, 0.2) is 0 Å². The fourth-order valence-electron chi connectivity index (χ4n) is 2.31. The maximum absolute atomic E-state index is 12.3. The number of carbonyl (C=O) groups excluding carboxylic acids is 2. The number of hydrogen-bond acceptors (Lipinski definition) is 7. The van der Waals surface area contributed by atoms with Crippen LogP contribution in [-0.2, 0) is 4.74 Å². The first kappa shape index (κ1) is 18.8. The van der Waals surface area contributed by atoms with E-state index >= 15 is 0 Å². The first-order chi connectivity index (χ1) is 13.6. The molecule has 3 aromatic carbocycles. The second-order valence-corrected chi connectivity index (χ2v) is 5.64. The molecule has 0 saturated carbocycles. The molecule has 0 aliphatic carbocycles. The van der Waals surface area contributed by atoms with E-state index in [1.54, 1.807) is 48.5 Å². The van der Waals surface area contributed by atoms with Crippen LogP contribution in [0.4, 0.5) is 11.4 Å². The van der Waals surface area contributed by atoms with Gasteiger partial charge in [-0.15, -0.1) is 0 Å². The fourth-order valence-corrected chi connectivity index (χ4v) is 2.31. The summed E-state index contributed by atoms with van der Waals surface area (Å²) >= 11 is 0. The van der Waals surface area contributed by atoms with Gasteiger partial charge in [-0.3, -0.25) is 0 Å². The number of phenols is 1. The number of phenolic OH excluding ortho intramolecular Hbond substituents is 1. The highest BCUT2D eigenvalue weighted by molar-refractivity contribution is 5.96. The summed E-state index contributed by atoms with van der Waals surface area (Å²) in [5, 5.41) is 17.4. The molecule has 7 heteroatoms. The molecule has 0 aliphatic rings. The lowest BCUT2D eigenvalue weighted by molar-refractivity contribution is 0.0593. The van der Waals surface area contributed by atoms with Crippen molar-refractivity contribution in [3.63, 3.8) is 0 Å². The van der Waals surface area contributed by atoms with E-state index in [2.05, 4.69) is 10.2 Å². The predicted octanol–water partition coefficient (Wildman–Crippen LogP) is 4.81. The van der Waals surface area contributed by atoms with Gasteiger partial charge >= 0.3 is 11.9 Å². The van der Waals surface area contributed by atoms with E-state index in [0.717, 1.165) is 0 Å². The monoisotopic (exact) mass is 376 g/mol. The van der Waals surface area contributed by atoms with E-state index in [1.807, 2.05) is 0 Å². The highest BCUT2D eigenvalue weighted by Gasteiger charge is 2.18. The first-order valence-corrected chi connectivity index (χ1v) is 8.27. The number of aromatic hydroxyl groups is 1. The number of ether oxygens (including phenoxy) is 2. The highest BCUT2D eigenvalue weighted by Crippen LogP contribution is 2.28. The Hall–Kier alpha value is -4.00. The van der Waals surface area contributed by atoms with Crippen molar-refractivity contribution in [3.05, 3.63) is 83.9 Å². The van der Waals surface area contributed by atoms with Crippen LogP contribution in [-0.4, -0.2) is 24.2 Å². The summed E-state index contributed by atoms with van der Waals surface area (Å²) in [6.07, 6.45) is 0. The zero-order valence-electron chi connectivity index (χ0n) is 14.9. The average Bonchev–Trinajstić information content (AvgIpc) is 2.74. The van der Waals surface area contributed by atoms with E-state index in [-0.39, 0.29) is 17.1 Å². The van der Waals surface area contributed by atoms with Gasteiger partial charge in [-0.2, -0.15) is 10.2 Å². The molecule has 0 aromatic heterocycles. The van der Waals surface area contributed by atoms with E-state index in [4.69, 9.17) is 9.47 Å². The maximum Gasteiger partial charge on any atom is 0.343 e. The van der Waals surface area contributed by atoms with Crippen molar-refractivity contribution in [2.24, 2.45) is 10.2 Å². The van der Waals surface area contributed by atoms with Crippen LogP contribution < -0.4 is 4.74 Å². The van der Waals surface area contributed by atoms with Gasteiger partial charge in [0.05, 0.1) is 24.0 Å². The predicted molar refractivity (Wildman–Crippen MR) is 101 cm³/mol. The van der Waals surface area contributed by atoms with Gasteiger partial charge < -0.3 is 14.6 Å². The number of esters is 2. The zero-order valence-corrected chi connectivity index (χ0v) is 14.9. The molecule has 0 aliphatic heterocycles. The molecule has 0 spiro atoms. The highest BCUT2D eigenvalue weighted by atomic mass is 16.5. The molecule has 0 heterocycles. The van der Waals surface area contributed by atoms with Crippen molar-refractivity contribution in [3.8, 4) is 11.5 Å². The van der Waals surface area contributed by atoms with Gasteiger partial charge in [0.25, 0.3) is 0 Å². The van der Waals surface area contributed by atoms with Crippen LogP contribution in [0.15, 0.2) is 83.0 Å². The summed E-state index contributed by atoms with van der Waals surface area (Å²) in [7, 11) is 1.23. The molecular weight excluding hydrogens is 360 g/mol. The van der Waals surface area contributed by atoms with E-state index in [9.17, 15) is 14.7 Å². The summed E-state index contributed by atoms with van der Waals surface area (Å²) in [6, 6.07) is 19.0. The quantitative estimate of drug-likeness (QED) is 0.391. The van der Waals surface area contributed by atoms with Gasteiger partial charge in [0.1, 0.15) is 17.1 Å². The first-order valence-electron chi connectivity index (χ1n) is 8.27. The lowest BCUT2D eigenvalue weighted by atomic mass is 10.1. The number of benzene rings is 3. The second kappa shape index (κ2) is 8.59. The molecule has 0 saturated heterocycles. The molecule has 0 fully saturated rings. The number of hydrogen-bond donors (Lipinski definition) is 1. The normalized spacial score (nSPS) is 10.6. The number of nitrogens with zero attached hydrogens (tertiary/aromatic N) is 2. The minimum absolute atomic E-state index is 0.0499. The fraction of sp³-hybridized carbons (Fsp3) is 0.0476. The molecule has 3 aromatic rings. The van der Waals surface area contributed by atoms with Crippen LogP contribution in [0.25, 0.3) is 0 Å². The summed E-state index contributed by atoms with van der Waals surface area (Å²) in [6.45, 7) is 0. The van der Waals surface area contributed by atoms with Gasteiger partial charge in [-0.25, -0.2) is 9.59 Å². The number of rotatable bonds is 5. The number of azo groups is 1. The summed E-state index contributed by atoms with van der Waals surface area (Å²) in [5.41, 5.74) is 1.30. The molecule has 140 valence electrons. The molecule has 0 atom stereocenters. The molecule has 1 N–H and O–H groups in total. The Morgan fingerprint density at radius 3 is 2.14 bits per heavy atom. The molecule has 0 amide bonds. The Labute approximate surface area is 160 Å². The minimum atomic E-state index is -0.669. The SMILES string of the molecule is COC(=O)c1cc(N=Nc2ccc(O)cc2)ccc1OC(=O)c1ccccc1. The lowest BCUT2D eigenvalue weighted by Gasteiger charge is -2.09. The largest absolute Gasteiger partial charge is 0.508 e. The Kier molecular flexibility index (Phi) is 5.76. The van der Waals surface area contributed by atoms with Crippen LogP contribution >= 0.6 is 0 Å². The second-order valence-electron chi connectivity index (χ2n) is 5.64. The molecular formula is C21H16N2O5. The summed E-state index contributed by atoms with van der Waals surface area (Å²) < 4.78 is 10.1. The molecule has 0 radical (unpaired) electrons. The van der Waals surface area contributed by atoms with Gasteiger partial charge in [-0.1, -0.05) is 18.2 Å². The van der Waals surface area contributed by atoms with Gasteiger partial charge in [0.2, 0.25) is 0 Å². The minimum Gasteiger partial charge on any atom is -0.508 e. The Balaban J connectivity index is 1.86. The van der Waals surface area contributed by atoms with Crippen LogP contribution in [0.1, 0.15) is 20.7 Å². The zero-order chi connectivity index (χ0) is 19.9. The van der Waals surface area contributed by atoms with Crippen molar-refractivity contribution >= 4 is 23.3 Å². The van der Waals surface area contributed by atoms with E-state index in [1.165, 1.54) is 31.4 Å². The Morgan fingerprint density at radius 2 is 1.46 bits per heavy atom. The van der Waals surface area contributed by atoms with Crippen molar-refractivity contribution in [1.29, 1.82) is 0 Å². The number of methoxy groups -OCH3 is 1. The van der Waals surface area contributed by atoms with Gasteiger partial charge in [-0.05, 0) is 54.6 Å². The molecule has 28 heavy (non-hydrogen) atoms. The van der Waals surface area contributed by atoms with Crippen molar-refractivity contribution < 1.29 is 24.2 Å². The molecule has 0 unspecified atom stereocenters. The van der Waals surface area contributed by atoms with Gasteiger partial charge in [0, 0.05) is 0 Å². The van der Waals surface area contributed by atoms with Crippen LogP contribution in [0.5, 0.6) is 11.5 Å². The summed E-state index contributed by atoms with van der Waals surface area (Å²) in [4.78, 5) is 24.4. The standard InChI is InChI=1S/C21H16N2O5/c1-27-21(26)18-13-16(23-22-15-7-10-17(24)11-8-15)9-12-19(18)28-20(25)14-5-3-2-4-6-14/h2-13,24H,1H3.